The molecule has 1 rings (SSSR count). The molecule has 0 aromatic carbocycles. The van der Waals surface area contributed by atoms with Crippen molar-refractivity contribution in [2.45, 2.75) is 11.1 Å². The summed E-state index contributed by atoms with van der Waals surface area (Å²) in [5.41, 5.74) is 0.999. The average molecular weight is 184 g/mol. The van der Waals surface area contributed by atoms with Crippen LogP contribution in [0.25, 0.3) is 0 Å². The molecule has 0 bridgehead atoms. The van der Waals surface area contributed by atoms with Gasteiger partial charge in [0.2, 0.25) is 0 Å². The summed E-state index contributed by atoms with van der Waals surface area (Å²) in [6.45, 7) is 1.87. The van der Waals surface area contributed by atoms with Gasteiger partial charge in [-0.15, -0.1) is 11.3 Å². The average Bonchev–Trinajstić information content (AvgIpc) is 2.14. The second-order valence-electron chi connectivity index (χ2n) is 1.68. The molecule has 1 heterocycles. The van der Waals surface area contributed by atoms with Gasteiger partial charge in [-0.25, -0.2) is 0 Å². The SMILES string of the molecule is Cc1csc(S(=O)[O-])c1.[Na+]. The van der Waals surface area contributed by atoms with Crippen LogP contribution in [0.3, 0.4) is 0 Å². The van der Waals surface area contributed by atoms with E-state index in [4.69, 9.17) is 0 Å². The van der Waals surface area contributed by atoms with Crippen molar-refractivity contribution in [3.8, 4) is 0 Å². The monoisotopic (exact) mass is 184 g/mol. The third kappa shape index (κ3) is 2.82. The van der Waals surface area contributed by atoms with E-state index in [1.54, 1.807) is 6.07 Å². The predicted octanol–water partition coefficient (Wildman–Crippen LogP) is -1.70. The van der Waals surface area contributed by atoms with E-state index in [9.17, 15) is 8.76 Å². The molecule has 0 fully saturated rings. The standard InChI is InChI=1S/C5H6O2S2.Na/c1-4-2-5(8-3-4)9(6)7;/h2-3H,1H3,(H,6,7);/q;+1/p-1. The minimum atomic E-state index is -2.04. The zero-order valence-corrected chi connectivity index (χ0v) is 9.42. The summed E-state index contributed by atoms with van der Waals surface area (Å²) in [5, 5.41) is 1.81. The van der Waals surface area contributed by atoms with Crippen molar-refractivity contribution in [3.05, 3.63) is 17.0 Å². The second kappa shape index (κ2) is 4.64. The predicted molar refractivity (Wildman–Crippen MR) is 36.2 cm³/mol. The summed E-state index contributed by atoms with van der Waals surface area (Å²) in [6, 6.07) is 1.65. The molecule has 0 aliphatic carbocycles. The number of aryl methyl sites for hydroxylation is 1. The molecule has 0 N–H and O–H groups in total. The fourth-order valence-electron chi connectivity index (χ4n) is 0.492. The normalized spacial score (nSPS) is 12.2. The molecule has 2 nitrogen and oxygen atoms in total. The first-order chi connectivity index (χ1) is 4.20. The Labute approximate surface area is 88.2 Å². The second-order valence-corrected chi connectivity index (χ2v) is 3.76. The van der Waals surface area contributed by atoms with E-state index in [1.165, 1.54) is 11.3 Å². The Morgan fingerprint density at radius 3 is 2.50 bits per heavy atom. The number of rotatable bonds is 1. The van der Waals surface area contributed by atoms with E-state index in [1.807, 2.05) is 12.3 Å². The Hall–Kier alpha value is 0.810. The van der Waals surface area contributed by atoms with Gasteiger partial charge in [0.1, 0.15) is 0 Å². The maximum atomic E-state index is 10.2. The van der Waals surface area contributed by atoms with Crippen molar-refractivity contribution < 1.29 is 38.3 Å². The van der Waals surface area contributed by atoms with Gasteiger partial charge in [-0.05, 0) is 35.0 Å². The quantitative estimate of drug-likeness (QED) is 0.385. The molecule has 50 valence electrons. The van der Waals surface area contributed by atoms with E-state index < -0.39 is 11.1 Å². The van der Waals surface area contributed by atoms with Gasteiger partial charge in [-0.3, -0.25) is 4.21 Å². The van der Waals surface area contributed by atoms with Crippen LogP contribution in [0.2, 0.25) is 0 Å². The van der Waals surface area contributed by atoms with Gasteiger partial charge in [0.05, 0.1) is 4.21 Å². The van der Waals surface area contributed by atoms with Gasteiger partial charge in [0, 0.05) is 0 Å². The molecule has 0 saturated heterocycles. The van der Waals surface area contributed by atoms with Gasteiger partial charge in [0.25, 0.3) is 0 Å². The van der Waals surface area contributed by atoms with Crippen LogP contribution in [0.4, 0.5) is 0 Å². The fourth-order valence-corrected chi connectivity index (χ4v) is 1.86. The van der Waals surface area contributed by atoms with E-state index in [0.29, 0.717) is 4.21 Å². The van der Waals surface area contributed by atoms with Gasteiger partial charge >= 0.3 is 29.6 Å². The molecule has 10 heavy (non-hydrogen) atoms. The van der Waals surface area contributed by atoms with Crippen LogP contribution in [-0.4, -0.2) is 8.76 Å². The van der Waals surface area contributed by atoms with Crippen LogP contribution in [-0.2, 0) is 11.1 Å². The zero-order chi connectivity index (χ0) is 6.85. The Morgan fingerprint density at radius 2 is 2.30 bits per heavy atom. The summed E-state index contributed by atoms with van der Waals surface area (Å²) in [6.07, 6.45) is 0. The molecule has 0 amide bonds. The summed E-state index contributed by atoms with van der Waals surface area (Å²) in [4.78, 5) is 0. The summed E-state index contributed by atoms with van der Waals surface area (Å²) in [5.74, 6) is 0. The largest absolute Gasteiger partial charge is 1.00 e. The van der Waals surface area contributed by atoms with Crippen LogP contribution < -0.4 is 29.6 Å². The van der Waals surface area contributed by atoms with Crippen molar-refractivity contribution >= 4 is 22.4 Å². The molecule has 0 spiro atoms. The van der Waals surface area contributed by atoms with E-state index in [-0.39, 0.29) is 29.6 Å². The number of hydrogen-bond acceptors (Lipinski definition) is 3. The Morgan fingerprint density at radius 1 is 1.70 bits per heavy atom. The Kier molecular flexibility index (Phi) is 5.02. The first-order valence-electron chi connectivity index (χ1n) is 2.34. The first kappa shape index (κ1) is 10.8. The molecule has 0 aliphatic rings. The third-order valence-electron chi connectivity index (χ3n) is 0.871. The van der Waals surface area contributed by atoms with Crippen LogP contribution >= 0.6 is 11.3 Å². The van der Waals surface area contributed by atoms with Crippen molar-refractivity contribution in [2.24, 2.45) is 0 Å². The molecule has 0 saturated carbocycles. The molecule has 0 radical (unpaired) electrons. The van der Waals surface area contributed by atoms with Crippen LogP contribution in [0, 0.1) is 6.92 Å². The van der Waals surface area contributed by atoms with Crippen LogP contribution in [0.15, 0.2) is 15.7 Å². The van der Waals surface area contributed by atoms with Gasteiger partial charge in [-0.1, -0.05) is 0 Å². The maximum Gasteiger partial charge on any atom is 1.00 e. The molecule has 1 unspecified atom stereocenters. The van der Waals surface area contributed by atoms with E-state index in [2.05, 4.69) is 0 Å². The van der Waals surface area contributed by atoms with Crippen molar-refractivity contribution in [2.75, 3.05) is 0 Å². The fraction of sp³-hybridized carbons (Fsp3) is 0.200. The molecular weight excluding hydrogens is 179 g/mol. The van der Waals surface area contributed by atoms with E-state index in [0.717, 1.165) is 5.56 Å². The zero-order valence-electron chi connectivity index (χ0n) is 5.79. The minimum Gasteiger partial charge on any atom is -0.768 e. The van der Waals surface area contributed by atoms with Gasteiger partial charge in [-0.2, -0.15) is 0 Å². The topological polar surface area (TPSA) is 40.1 Å². The molecule has 1 aromatic rings. The third-order valence-corrected chi connectivity index (χ3v) is 2.85. The van der Waals surface area contributed by atoms with Crippen LogP contribution in [0.1, 0.15) is 5.56 Å². The molecule has 0 aliphatic heterocycles. The van der Waals surface area contributed by atoms with Crippen molar-refractivity contribution in [1.82, 2.24) is 0 Å². The smallest absolute Gasteiger partial charge is 0.768 e. The van der Waals surface area contributed by atoms with Crippen molar-refractivity contribution in [1.29, 1.82) is 0 Å². The molecular formula is C5H5NaO2S2. The Bertz CT molecular complexity index is 233. The maximum absolute atomic E-state index is 10.2. The van der Waals surface area contributed by atoms with Crippen molar-refractivity contribution in [3.63, 3.8) is 0 Å². The molecule has 1 atom stereocenters. The minimum absolute atomic E-state index is 0. The van der Waals surface area contributed by atoms with Crippen LogP contribution in [0.5, 0.6) is 0 Å². The molecule has 1 aromatic heterocycles. The first-order valence-corrected chi connectivity index (χ1v) is 4.30. The van der Waals surface area contributed by atoms with E-state index >= 15 is 0 Å². The number of hydrogen-bond donors (Lipinski definition) is 0. The summed E-state index contributed by atoms with van der Waals surface area (Å²) >= 11 is -0.795. The number of thiophene rings is 1. The van der Waals surface area contributed by atoms with Gasteiger partial charge in [0.15, 0.2) is 0 Å². The summed E-state index contributed by atoms with van der Waals surface area (Å²) < 4.78 is 20.9. The molecule has 5 heteroatoms. The Balaban J connectivity index is 0.000000810. The van der Waals surface area contributed by atoms with Gasteiger partial charge < -0.3 is 4.55 Å². The summed E-state index contributed by atoms with van der Waals surface area (Å²) in [7, 11) is 0.